The topological polar surface area (TPSA) is 25.8 Å². The number of hydrogen-bond acceptors (Lipinski definition) is 3. The van der Waals surface area contributed by atoms with Crippen LogP contribution in [-0.2, 0) is 0 Å². The maximum absolute atomic E-state index is 5.58. The molecule has 0 spiro atoms. The van der Waals surface area contributed by atoms with Crippen molar-refractivity contribution in [3.05, 3.63) is 175 Å². The van der Waals surface area contributed by atoms with Crippen LogP contribution < -0.4 is 0 Å². The van der Waals surface area contributed by atoms with Gasteiger partial charge in [-0.2, -0.15) is 0 Å². The Balaban J connectivity index is 1.37. The van der Waals surface area contributed by atoms with Crippen LogP contribution in [0.4, 0.5) is 0 Å². The van der Waals surface area contributed by atoms with Crippen molar-refractivity contribution in [2.75, 3.05) is 0 Å². The van der Waals surface area contributed by atoms with Crippen molar-refractivity contribution < 1.29 is 0 Å². The molecule has 0 amide bonds. The number of fused-ring (bicyclic) bond motifs is 9. The molecule has 0 aliphatic rings. The molecule has 0 aliphatic heterocycles. The van der Waals surface area contributed by atoms with Gasteiger partial charge in [0.25, 0.3) is 0 Å². The second-order valence-corrected chi connectivity index (χ2v) is 14.1. The number of rotatable bonds is 4. The molecule has 0 saturated heterocycles. The Hall–Kier alpha value is -6.16. The van der Waals surface area contributed by atoms with Crippen LogP contribution in [0.2, 0.25) is 0 Å². The van der Waals surface area contributed by atoms with Crippen LogP contribution in [-0.4, -0.2) is 9.97 Å². The Morgan fingerprint density at radius 1 is 0.580 bits per heavy atom. The quantitative estimate of drug-likeness (QED) is 0.177. The third-order valence-electron chi connectivity index (χ3n) is 10.1. The van der Waals surface area contributed by atoms with Crippen LogP contribution in [0.25, 0.3) is 91.5 Å². The van der Waals surface area contributed by atoms with Crippen LogP contribution in [0, 0.1) is 6.92 Å². The molecule has 2 heterocycles. The molecule has 0 aliphatic carbocycles. The molecule has 50 heavy (non-hydrogen) atoms. The van der Waals surface area contributed by atoms with Crippen LogP contribution >= 0.6 is 11.3 Å². The zero-order valence-corrected chi connectivity index (χ0v) is 28.3. The van der Waals surface area contributed by atoms with Crippen molar-refractivity contribution in [2.24, 2.45) is 0 Å². The second kappa shape index (κ2) is 11.2. The van der Waals surface area contributed by atoms with E-state index >= 15 is 0 Å². The zero-order chi connectivity index (χ0) is 33.3. The smallest absolute Gasteiger partial charge is 0.0974 e. The van der Waals surface area contributed by atoms with Gasteiger partial charge in [-0.3, -0.25) is 0 Å². The highest BCUT2D eigenvalue weighted by atomic mass is 32.1. The third-order valence-corrected chi connectivity index (χ3v) is 11.3. The summed E-state index contributed by atoms with van der Waals surface area (Å²) in [5, 5.41) is 9.57. The summed E-state index contributed by atoms with van der Waals surface area (Å²) in [4.78, 5) is 11.0. The van der Waals surface area contributed by atoms with E-state index in [2.05, 4.69) is 159 Å². The largest absolute Gasteiger partial charge is 0.244 e. The summed E-state index contributed by atoms with van der Waals surface area (Å²) in [7, 11) is 0. The maximum atomic E-state index is 5.58. The molecule has 2 nitrogen and oxygen atoms in total. The number of aryl methyl sites for hydroxylation is 1. The zero-order valence-electron chi connectivity index (χ0n) is 27.4. The first kappa shape index (κ1) is 28.8. The van der Waals surface area contributed by atoms with Gasteiger partial charge in [-0.25, -0.2) is 9.97 Å². The van der Waals surface area contributed by atoms with E-state index in [-0.39, 0.29) is 0 Å². The van der Waals surface area contributed by atoms with E-state index in [1.165, 1.54) is 58.4 Å². The number of aromatic nitrogens is 2. The van der Waals surface area contributed by atoms with E-state index < -0.39 is 0 Å². The summed E-state index contributed by atoms with van der Waals surface area (Å²) in [6.07, 6.45) is 0. The monoisotopic (exact) mass is 654 g/mol. The minimum Gasteiger partial charge on any atom is -0.244 e. The Labute approximate surface area is 293 Å². The molecule has 0 saturated carbocycles. The van der Waals surface area contributed by atoms with E-state index in [0.717, 1.165) is 49.9 Å². The molecule has 2 aromatic heterocycles. The van der Waals surface area contributed by atoms with E-state index in [4.69, 9.17) is 16.5 Å². The number of thiophene rings is 1. The first-order valence-corrected chi connectivity index (χ1v) is 17.8. The predicted octanol–water partition coefficient (Wildman–Crippen LogP) is 13.2. The SMILES string of the molecule is C=C(c1nc2c(ccc3ccccc32)nc1-c1ccc2ccccc2c1)c1c(-c2ccccc2C)c2ccccc2c2c1sc1ccccc12. The van der Waals surface area contributed by atoms with Gasteiger partial charge in [-0.05, 0) is 68.7 Å². The van der Waals surface area contributed by atoms with E-state index in [1.54, 1.807) is 0 Å². The lowest BCUT2D eigenvalue weighted by Crippen LogP contribution is -2.02. The van der Waals surface area contributed by atoms with Crippen molar-refractivity contribution >= 4 is 80.4 Å². The maximum Gasteiger partial charge on any atom is 0.0974 e. The summed E-state index contributed by atoms with van der Waals surface area (Å²) in [5.74, 6) is 0. The fourth-order valence-corrected chi connectivity index (χ4v) is 9.03. The van der Waals surface area contributed by atoms with Gasteiger partial charge < -0.3 is 0 Å². The molecule has 234 valence electrons. The first-order valence-electron chi connectivity index (χ1n) is 16.9. The summed E-state index contributed by atoms with van der Waals surface area (Å²) in [5.41, 5.74) is 10.0. The molecule has 10 rings (SSSR count). The Bertz CT molecular complexity index is 3020. The normalized spacial score (nSPS) is 11.8. The van der Waals surface area contributed by atoms with Gasteiger partial charge in [-0.1, -0.05) is 140 Å². The standard InChI is InChI=1S/C47H30N2S/c1-28-13-3-7-17-34(28)42-36-19-9-10-20-37(36)43-38-21-11-12-22-40(38)50-47(43)41(42)29(2)44-45(33-24-23-30-14-4-5-16-32(30)27-33)48-39-26-25-31-15-6-8-18-35(31)46(39)49-44/h3-27H,2H2,1H3. The number of nitrogens with zero attached hydrogens (tertiary/aromatic N) is 2. The van der Waals surface area contributed by atoms with Crippen molar-refractivity contribution in [1.82, 2.24) is 9.97 Å². The minimum absolute atomic E-state index is 0.799. The molecular formula is C47H30N2S. The fourth-order valence-electron chi connectivity index (χ4n) is 7.73. The van der Waals surface area contributed by atoms with Crippen LogP contribution in [0.1, 0.15) is 16.8 Å². The molecule has 0 atom stereocenters. The van der Waals surface area contributed by atoms with E-state index in [1.807, 2.05) is 11.3 Å². The van der Waals surface area contributed by atoms with Crippen molar-refractivity contribution in [3.63, 3.8) is 0 Å². The highest BCUT2D eigenvalue weighted by molar-refractivity contribution is 7.26. The van der Waals surface area contributed by atoms with Crippen molar-refractivity contribution in [2.45, 2.75) is 6.92 Å². The summed E-state index contributed by atoms with van der Waals surface area (Å²) in [6.45, 7) is 7.18. The fraction of sp³-hybridized carbons (Fsp3) is 0.0213. The van der Waals surface area contributed by atoms with Gasteiger partial charge in [-0.15, -0.1) is 11.3 Å². The number of benzene rings is 8. The molecule has 0 N–H and O–H groups in total. The highest BCUT2D eigenvalue weighted by Crippen LogP contribution is 2.50. The van der Waals surface area contributed by atoms with Gasteiger partial charge in [0, 0.05) is 42.3 Å². The molecule has 0 radical (unpaired) electrons. The minimum atomic E-state index is 0.799. The molecule has 3 heteroatoms. The molecule has 0 bridgehead atoms. The van der Waals surface area contributed by atoms with Gasteiger partial charge in [0.15, 0.2) is 0 Å². The molecule has 8 aromatic carbocycles. The second-order valence-electron chi connectivity index (χ2n) is 13.0. The predicted molar refractivity (Wildman–Crippen MR) is 215 cm³/mol. The Morgan fingerprint density at radius 2 is 1.24 bits per heavy atom. The summed E-state index contributed by atoms with van der Waals surface area (Å²) >= 11 is 1.84. The highest BCUT2D eigenvalue weighted by Gasteiger charge is 2.26. The molecule has 0 fully saturated rings. The van der Waals surface area contributed by atoms with Crippen molar-refractivity contribution in [1.29, 1.82) is 0 Å². The Kier molecular flexibility index (Phi) is 6.45. The molecular weight excluding hydrogens is 625 g/mol. The number of hydrogen-bond donors (Lipinski definition) is 0. The lowest BCUT2D eigenvalue weighted by molar-refractivity contribution is 1.26. The van der Waals surface area contributed by atoms with Gasteiger partial charge in [0.2, 0.25) is 0 Å². The third kappa shape index (κ3) is 4.34. The summed E-state index contributed by atoms with van der Waals surface area (Å²) < 4.78 is 2.48. The summed E-state index contributed by atoms with van der Waals surface area (Å²) in [6, 6.07) is 54.1. The van der Waals surface area contributed by atoms with Crippen LogP contribution in [0.15, 0.2) is 158 Å². The van der Waals surface area contributed by atoms with Gasteiger partial charge >= 0.3 is 0 Å². The first-order chi connectivity index (χ1) is 24.6. The van der Waals surface area contributed by atoms with Crippen LogP contribution in [0.5, 0.6) is 0 Å². The van der Waals surface area contributed by atoms with Gasteiger partial charge in [0.05, 0.1) is 22.4 Å². The van der Waals surface area contributed by atoms with Gasteiger partial charge in [0.1, 0.15) is 0 Å². The lowest BCUT2D eigenvalue weighted by atomic mass is 9.84. The average Bonchev–Trinajstić information content (AvgIpc) is 3.56. The average molecular weight is 655 g/mol. The Morgan fingerprint density at radius 3 is 2.08 bits per heavy atom. The molecule has 10 aromatic rings. The lowest BCUT2D eigenvalue weighted by Gasteiger charge is -2.21. The van der Waals surface area contributed by atoms with Crippen molar-refractivity contribution in [3.8, 4) is 22.4 Å². The molecule has 0 unspecified atom stereocenters. The van der Waals surface area contributed by atoms with E-state index in [0.29, 0.717) is 0 Å². The van der Waals surface area contributed by atoms with E-state index in [9.17, 15) is 0 Å². The van der Waals surface area contributed by atoms with Crippen LogP contribution in [0.3, 0.4) is 0 Å².